The van der Waals surface area contributed by atoms with Gasteiger partial charge in [-0.1, -0.05) is 39.8 Å². The summed E-state index contributed by atoms with van der Waals surface area (Å²) in [5, 5.41) is 0.506. The third-order valence-corrected chi connectivity index (χ3v) is 3.21. The van der Waals surface area contributed by atoms with Crippen molar-refractivity contribution in [3.05, 3.63) is 40.4 Å². The lowest BCUT2D eigenvalue weighted by molar-refractivity contribution is -0.124. The van der Waals surface area contributed by atoms with E-state index in [9.17, 15) is 9.59 Å². The highest BCUT2D eigenvalue weighted by molar-refractivity contribution is 5.88. The van der Waals surface area contributed by atoms with Crippen molar-refractivity contribution in [1.29, 1.82) is 0 Å². The summed E-state index contributed by atoms with van der Waals surface area (Å²) in [4.78, 5) is 29.3. The van der Waals surface area contributed by atoms with Gasteiger partial charge in [0.05, 0.1) is 10.9 Å². The van der Waals surface area contributed by atoms with E-state index < -0.39 is 5.41 Å². The summed E-state index contributed by atoms with van der Waals surface area (Å²) in [5.41, 5.74) is 2.55. The number of rotatable bonds is 3. The molecule has 1 aromatic heterocycles. The third-order valence-electron chi connectivity index (χ3n) is 3.21. The molecule has 0 radical (unpaired) electrons. The smallest absolute Gasteiger partial charge is 0.273 e. The normalized spacial score (nSPS) is 11.6. The summed E-state index contributed by atoms with van der Waals surface area (Å²) in [6.45, 7) is 7.43. The van der Waals surface area contributed by atoms with Crippen molar-refractivity contribution in [2.24, 2.45) is 5.41 Å². The quantitative estimate of drug-likeness (QED) is 0.943. The molecule has 0 unspecified atom stereocenters. The standard InChI is InChI=1S/C16H21N3O2/c1-5-8-13-17-12-10-7-6-9-11(12)14(20)19(13)18-15(21)16(2,3)4/h6-7,9-10H,5,8H2,1-4H3,(H,18,21). The Kier molecular flexibility index (Phi) is 4.11. The Bertz CT molecular complexity index is 726. The molecule has 0 atom stereocenters. The molecule has 2 aromatic rings. The first kappa shape index (κ1) is 15.2. The number of hydrogen-bond donors (Lipinski definition) is 1. The van der Waals surface area contributed by atoms with Gasteiger partial charge in [0.2, 0.25) is 5.91 Å². The van der Waals surface area contributed by atoms with E-state index in [2.05, 4.69) is 10.4 Å². The zero-order valence-electron chi connectivity index (χ0n) is 12.9. The van der Waals surface area contributed by atoms with Gasteiger partial charge in [0.1, 0.15) is 5.82 Å². The number of aryl methyl sites for hydroxylation is 1. The number of aromatic nitrogens is 2. The second-order valence-corrected chi connectivity index (χ2v) is 6.13. The molecule has 5 heteroatoms. The molecular formula is C16H21N3O2. The lowest BCUT2D eigenvalue weighted by Gasteiger charge is -2.20. The van der Waals surface area contributed by atoms with Crippen LogP contribution in [0.25, 0.3) is 10.9 Å². The maximum atomic E-state index is 12.6. The predicted molar refractivity (Wildman–Crippen MR) is 83.8 cm³/mol. The Morgan fingerprint density at radius 3 is 2.57 bits per heavy atom. The summed E-state index contributed by atoms with van der Waals surface area (Å²) < 4.78 is 1.29. The number of amides is 1. The van der Waals surface area contributed by atoms with Crippen molar-refractivity contribution in [2.45, 2.75) is 40.5 Å². The molecule has 1 aromatic carbocycles. The fraction of sp³-hybridized carbons (Fsp3) is 0.438. The second kappa shape index (κ2) is 5.68. The molecule has 0 aliphatic carbocycles. The Balaban J connectivity index is 2.59. The lowest BCUT2D eigenvalue weighted by Crippen LogP contribution is -2.41. The zero-order valence-corrected chi connectivity index (χ0v) is 12.9. The second-order valence-electron chi connectivity index (χ2n) is 6.13. The molecule has 1 amide bonds. The molecule has 5 nitrogen and oxygen atoms in total. The predicted octanol–water partition coefficient (Wildman–Crippen LogP) is 2.47. The van der Waals surface area contributed by atoms with Crippen LogP contribution >= 0.6 is 0 Å². The molecule has 0 bridgehead atoms. The van der Waals surface area contributed by atoms with E-state index in [1.165, 1.54) is 4.68 Å². The lowest BCUT2D eigenvalue weighted by atomic mass is 9.96. The van der Waals surface area contributed by atoms with E-state index in [0.717, 1.165) is 6.42 Å². The van der Waals surface area contributed by atoms with Gasteiger partial charge in [-0.05, 0) is 18.6 Å². The Morgan fingerprint density at radius 2 is 1.95 bits per heavy atom. The number of benzene rings is 1. The number of carbonyl (C=O) groups excluding carboxylic acids is 1. The molecule has 0 aliphatic heterocycles. The molecule has 2 rings (SSSR count). The number of para-hydroxylation sites is 1. The molecule has 1 heterocycles. The van der Waals surface area contributed by atoms with Gasteiger partial charge >= 0.3 is 0 Å². The number of carbonyl (C=O) groups is 1. The van der Waals surface area contributed by atoms with Crippen LogP contribution in [0.2, 0.25) is 0 Å². The summed E-state index contributed by atoms with van der Waals surface area (Å²) in [6.07, 6.45) is 1.47. The molecule has 1 N–H and O–H groups in total. The molecule has 21 heavy (non-hydrogen) atoms. The highest BCUT2D eigenvalue weighted by Gasteiger charge is 2.23. The van der Waals surface area contributed by atoms with Crippen LogP contribution in [0, 0.1) is 5.41 Å². The average molecular weight is 287 g/mol. The van der Waals surface area contributed by atoms with Crippen LogP contribution in [0.1, 0.15) is 39.9 Å². The minimum absolute atomic E-state index is 0.209. The van der Waals surface area contributed by atoms with Gasteiger partial charge in [-0.25, -0.2) is 9.66 Å². The highest BCUT2D eigenvalue weighted by atomic mass is 16.2. The molecular weight excluding hydrogens is 266 g/mol. The van der Waals surface area contributed by atoms with Crippen LogP contribution in [0.3, 0.4) is 0 Å². The van der Waals surface area contributed by atoms with Gasteiger partial charge in [-0.3, -0.25) is 15.0 Å². The minimum Gasteiger partial charge on any atom is -0.273 e. The van der Waals surface area contributed by atoms with E-state index in [-0.39, 0.29) is 11.5 Å². The third kappa shape index (κ3) is 3.12. The summed E-state index contributed by atoms with van der Waals surface area (Å²) in [7, 11) is 0. The van der Waals surface area contributed by atoms with Crippen LogP contribution < -0.4 is 11.0 Å². The van der Waals surface area contributed by atoms with Crippen molar-refractivity contribution in [1.82, 2.24) is 9.66 Å². The Morgan fingerprint density at radius 1 is 1.29 bits per heavy atom. The largest absolute Gasteiger partial charge is 0.280 e. The number of nitrogens with zero attached hydrogens (tertiary/aromatic N) is 2. The first-order valence-electron chi connectivity index (χ1n) is 7.16. The van der Waals surface area contributed by atoms with E-state index in [0.29, 0.717) is 23.1 Å². The van der Waals surface area contributed by atoms with Gasteiger partial charge in [0.25, 0.3) is 5.56 Å². The van der Waals surface area contributed by atoms with Crippen molar-refractivity contribution < 1.29 is 4.79 Å². The maximum absolute atomic E-state index is 12.6. The fourth-order valence-electron chi connectivity index (χ4n) is 1.95. The Hall–Kier alpha value is -2.17. The van der Waals surface area contributed by atoms with Crippen molar-refractivity contribution in [2.75, 3.05) is 5.43 Å². The maximum Gasteiger partial charge on any atom is 0.280 e. The van der Waals surface area contributed by atoms with Crippen molar-refractivity contribution in [3.8, 4) is 0 Å². The van der Waals surface area contributed by atoms with E-state index in [1.807, 2.05) is 19.1 Å². The van der Waals surface area contributed by atoms with Crippen LogP contribution in [0.4, 0.5) is 0 Å². The van der Waals surface area contributed by atoms with Gasteiger partial charge < -0.3 is 0 Å². The zero-order chi connectivity index (χ0) is 15.6. The van der Waals surface area contributed by atoms with Gasteiger partial charge in [-0.2, -0.15) is 0 Å². The van der Waals surface area contributed by atoms with Gasteiger partial charge in [0, 0.05) is 11.8 Å². The minimum atomic E-state index is -0.575. The van der Waals surface area contributed by atoms with Crippen molar-refractivity contribution in [3.63, 3.8) is 0 Å². The number of nitrogens with one attached hydrogen (secondary N) is 1. The topological polar surface area (TPSA) is 64.0 Å². The SMILES string of the molecule is CCCc1nc2ccccc2c(=O)n1NC(=O)C(C)(C)C. The van der Waals surface area contributed by atoms with Crippen LogP contribution in [-0.4, -0.2) is 15.6 Å². The van der Waals surface area contributed by atoms with E-state index in [4.69, 9.17) is 0 Å². The summed E-state index contributed by atoms with van der Waals surface area (Å²) >= 11 is 0. The molecule has 112 valence electrons. The molecule has 0 aliphatic rings. The van der Waals surface area contributed by atoms with Crippen molar-refractivity contribution >= 4 is 16.8 Å². The van der Waals surface area contributed by atoms with Gasteiger partial charge in [-0.15, -0.1) is 0 Å². The fourth-order valence-corrected chi connectivity index (χ4v) is 1.95. The van der Waals surface area contributed by atoms with Crippen LogP contribution in [0.15, 0.2) is 29.1 Å². The number of fused-ring (bicyclic) bond motifs is 1. The van der Waals surface area contributed by atoms with Crippen LogP contribution in [-0.2, 0) is 11.2 Å². The average Bonchev–Trinajstić information content (AvgIpc) is 2.42. The number of hydrogen-bond acceptors (Lipinski definition) is 3. The highest BCUT2D eigenvalue weighted by Crippen LogP contribution is 2.14. The molecule has 0 fully saturated rings. The van der Waals surface area contributed by atoms with E-state index >= 15 is 0 Å². The first-order chi connectivity index (χ1) is 9.84. The summed E-state index contributed by atoms with van der Waals surface area (Å²) in [6, 6.07) is 7.18. The summed E-state index contributed by atoms with van der Waals surface area (Å²) in [5.74, 6) is 0.373. The van der Waals surface area contributed by atoms with Gasteiger partial charge in [0.15, 0.2) is 0 Å². The van der Waals surface area contributed by atoms with Crippen LogP contribution in [0.5, 0.6) is 0 Å². The molecule has 0 spiro atoms. The monoisotopic (exact) mass is 287 g/mol. The molecule has 0 saturated heterocycles. The van der Waals surface area contributed by atoms with E-state index in [1.54, 1.807) is 32.9 Å². The Labute approximate surface area is 124 Å². The molecule has 0 saturated carbocycles. The first-order valence-corrected chi connectivity index (χ1v) is 7.16.